The summed E-state index contributed by atoms with van der Waals surface area (Å²) in [6.07, 6.45) is 3.24. The molecule has 0 aromatic heterocycles. The smallest absolute Gasteiger partial charge is 0.315 e. The van der Waals surface area contributed by atoms with Gasteiger partial charge in [0.05, 0.1) is 0 Å². The van der Waals surface area contributed by atoms with Crippen molar-refractivity contribution >= 4 is 17.6 Å². The van der Waals surface area contributed by atoms with Crippen LogP contribution in [0.4, 0.5) is 10.5 Å². The van der Waals surface area contributed by atoms with Crippen molar-refractivity contribution in [1.29, 1.82) is 0 Å². The van der Waals surface area contributed by atoms with Gasteiger partial charge in [-0.05, 0) is 50.8 Å². The van der Waals surface area contributed by atoms with Gasteiger partial charge >= 0.3 is 6.03 Å². The van der Waals surface area contributed by atoms with E-state index in [0.717, 1.165) is 30.6 Å². The monoisotopic (exact) mass is 346 g/mol. The summed E-state index contributed by atoms with van der Waals surface area (Å²) in [7, 11) is 3.98. The van der Waals surface area contributed by atoms with Crippen molar-refractivity contribution in [2.75, 3.05) is 25.5 Å². The number of carbonyl (C=O) groups is 2. The summed E-state index contributed by atoms with van der Waals surface area (Å²) in [5, 5.41) is 5.56. The summed E-state index contributed by atoms with van der Waals surface area (Å²) < 4.78 is 0. The topological polar surface area (TPSA) is 64.7 Å². The highest BCUT2D eigenvalue weighted by Gasteiger charge is 2.27. The maximum Gasteiger partial charge on any atom is 0.315 e. The lowest BCUT2D eigenvalue weighted by Crippen LogP contribution is -2.53. The Labute approximate surface area is 150 Å². The first-order valence-electron chi connectivity index (χ1n) is 8.99. The van der Waals surface area contributed by atoms with Crippen molar-refractivity contribution in [3.8, 4) is 0 Å². The molecule has 0 saturated carbocycles. The molecule has 138 valence electrons. The second-order valence-electron chi connectivity index (χ2n) is 6.99. The Hall–Kier alpha value is -2.24. The van der Waals surface area contributed by atoms with E-state index in [1.165, 1.54) is 6.42 Å². The third-order valence-corrected chi connectivity index (χ3v) is 4.71. The minimum Gasteiger partial charge on any atom is -0.378 e. The summed E-state index contributed by atoms with van der Waals surface area (Å²) in [5.74, 6) is -0.00214. The summed E-state index contributed by atoms with van der Waals surface area (Å²) in [4.78, 5) is 28.5. The molecule has 25 heavy (non-hydrogen) atoms. The Morgan fingerprint density at radius 2 is 1.92 bits per heavy atom. The number of hydrogen-bond acceptors (Lipinski definition) is 3. The van der Waals surface area contributed by atoms with Crippen LogP contribution in [-0.4, -0.2) is 49.6 Å². The molecular weight excluding hydrogens is 316 g/mol. The van der Waals surface area contributed by atoms with Gasteiger partial charge in [-0.25, -0.2) is 4.79 Å². The molecule has 0 spiro atoms. The lowest BCUT2D eigenvalue weighted by Gasteiger charge is -2.35. The molecule has 1 aliphatic heterocycles. The fourth-order valence-corrected chi connectivity index (χ4v) is 3.08. The van der Waals surface area contributed by atoms with Gasteiger partial charge in [0.15, 0.2) is 0 Å². The van der Waals surface area contributed by atoms with E-state index in [1.807, 2.05) is 48.2 Å². The molecule has 1 aromatic carbocycles. The van der Waals surface area contributed by atoms with Crippen molar-refractivity contribution in [3.05, 3.63) is 29.8 Å². The molecule has 6 nitrogen and oxygen atoms in total. The average molecular weight is 346 g/mol. The molecular formula is C19H30N4O2. The van der Waals surface area contributed by atoms with Crippen LogP contribution in [-0.2, 0) is 11.3 Å². The van der Waals surface area contributed by atoms with E-state index in [0.29, 0.717) is 6.54 Å². The van der Waals surface area contributed by atoms with E-state index in [1.54, 1.807) is 6.92 Å². The second-order valence-corrected chi connectivity index (χ2v) is 6.99. The highest BCUT2D eigenvalue weighted by Crippen LogP contribution is 2.17. The van der Waals surface area contributed by atoms with Crippen LogP contribution in [0.5, 0.6) is 0 Å². The van der Waals surface area contributed by atoms with Crippen LogP contribution in [0.25, 0.3) is 0 Å². The van der Waals surface area contributed by atoms with Gasteiger partial charge in [0.1, 0.15) is 6.04 Å². The number of hydrogen-bond donors (Lipinski definition) is 2. The number of nitrogens with one attached hydrogen (secondary N) is 2. The Kier molecular flexibility index (Phi) is 6.67. The van der Waals surface area contributed by atoms with E-state index in [2.05, 4.69) is 17.6 Å². The molecule has 2 unspecified atom stereocenters. The largest absolute Gasteiger partial charge is 0.378 e. The third kappa shape index (κ3) is 5.37. The van der Waals surface area contributed by atoms with E-state index in [4.69, 9.17) is 0 Å². The molecule has 2 rings (SSSR count). The molecule has 3 amide bonds. The maximum atomic E-state index is 12.5. The third-order valence-electron chi connectivity index (χ3n) is 4.71. The molecule has 1 fully saturated rings. The zero-order valence-electron chi connectivity index (χ0n) is 15.7. The Bertz CT molecular complexity index is 586. The Balaban J connectivity index is 1.79. The first-order chi connectivity index (χ1) is 11.9. The van der Waals surface area contributed by atoms with Gasteiger partial charge in [-0.3, -0.25) is 4.79 Å². The molecule has 0 aliphatic carbocycles. The highest BCUT2D eigenvalue weighted by molar-refractivity contribution is 5.87. The number of urea groups is 1. The Morgan fingerprint density at radius 1 is 1.24 bits per heavy atom. The zero-order chi connectivity index (χ0) is 18.4. The van der Waals surface area contributed by atoms with Crippen LogP contribution >= 0.6 is 0 Å². The van der Waals surface area contributed by atoms with Crippen LogP contribution in [0.3, 0.4) is 0 Å². The summed E-state index contributed by atoms with van der Waals surface area (Å²) in [5.41, 5.74) is 2.13. The number of anilines is 1. The molecule has 0 radical (unpaired) electrons. The molecule has 1 aliphatic rings. The number of amides is 3. The van der Waals surface area contributed by atoms with Crippen LogP contribution in [0.1, 0.15) is 38.7 Å². The van der Waals surface area contributed by atoms with Gasteiger partial charge in [0.25, 0.3) is 0 Å². The SMILES string of the molecule is CC(NC(=O)NCc1ccc(N(C)C)cc1)C(=O)N1CCCCC1C. The number of rotatable bonds is 5. The maximum absolute atomic E-state index is 12.5. The van der Waals surface area contributed by atoms with Gasteiger partial charge in [-0.2, -0.15) is 0 Å². The first kappa shape index (κ1) is 19.1. The van der Waals surface area contributed by atoms with Crippen molar-refractivity contribution in [2.24, 2.45) is 0 Å². The fourth-order valence-electron chi connectivity index (χ4n) is 3.08. The quantitative estimate of drug-likeness (QED) is 0.860. The molecule has 1 aromatic rings. The zero-order valence-corrected chi connectivity index (χ0v) is 15.7. The van der Waals surface area contributed by atoms with Crippen LogP contribution in [0.15, 0.2) is 24.3 Å². The van der Waals surface area contributed by atoms with Crippen molar-refractivity contribution in [2.45, 2.75) is 51.7 Å². The van der Waals surface area contributed by atoms with Gasteiger partial charge in [-0.15, -0.1) is 0 Å². The van der Waals surface area contributed by atoms with Gasteiger partial charge in [0.2, 0.25) is 5.91 Å². The number of likely N-dealkylation sites (tertiary alicyclic amines) is 1. The second kappa shape index (κ2) is 8.74. The number of nitrogens with zero attached hydrogens (tertiary/aromatic N) is 2. The normalized spacial score (nSPS) is 18.4. The van der Waals surface area contributed by atoms with Gasteiger partial charge in [-0.1, -0.05) is 12.1 Å². The van der Waals surface area contributed by atoms with Gasteiger partial charge < -0.3 is 20.4 Å². The molecule has 0 bridgehead atoms. The van der Waals surface area contributed by atoms with E-state index < -0.39 is 6.04 Å². The lowest BCUT2D eigenvalue weighted by atomic mass is 10.0. The van der Waals surface area contributed by atoms with Crippen LogP contribution < -0.4 is 15.5 Å². The number of carbonyl (C=O) groups excluding carboxylic acids is 2. The number of piperidine rings is 1. The summed E-state index contributed by atoms with van der Waals surface area (Å²) in [6, 6.07) is 7.42. The van der Waals surface area contributed by atoms with Crippen molar-refractivity contribution < 1.29 is 9.59 Å². The highest BCUT2D eigenvalue weighted by atomic mass is 16.2. The van der Waals surface area contributed by atoms with Crippen molar-refractivity contribution in [3.63, 3.8) is 0 Å². The van der Waals surface area contributed by atoms with E-state index in [9.17, 15) is 9.59 Å². The molecule has 1 saturated heterocycles. The Morgan fingerprint density at radius 3 is 2.52 bits per heavy atom. The van der Waals surface area contributed by atoms with Gasteiger partial charge in [0, 0.05) is 38.9 Å². The minimum atomic E-state index is -0.517. The van der Waals surface area contributed by atoms with Crippen molar-refractivity contribution in [1.82, 2.24) is 15.5 Å². The summed E-state index contributed by atoms with van der Waals surface area (Å²) >= 11 is 0. The molecule has 2 atom stereocenters. The van der Waals surface area contributed by atoms with E-state index >= 15 is 0 Å². The minimum absolute atomic E-state index is 0.00214. The molecule has 2 N–H and O–H groups in total. The summed E-state index contributed by atoms with van der Waals surface area (Å²) in [6.45, 7) is 5.03. The molecule has 1 heterocycles. The van der Waals surface area contributed by atoms with E-state index in [-0.39, 0.29) is 18.0 Å². The van der Waals surface area contributed by atoms with Crippen LogP contribution in [0.2, 0.25) is 0 Å². The predicted octanol–water partition coefficient (Wildman–Crippen LogP) is 2.34. The molecule has 6 heteroatoms. The standard InChI is InChI=1S/C19H30N4O2/c1-14-7-5-6-12-23(14)18(24)15(2)21-19(25)20-13-16-8-10-17(11-9-16)22(3)4/h8-11,14-15H,5-7,12-13H2,1-4H3,(H2,20,21,25). The first-order valence-corrected chi connectivity index (χ1v) is 8.99. The fraction of sp³-hybridized carbons (Fsp3) is 0.579. The van der Waals surface area contributed by atoms with Crippen LogP contribution in [0, 0.1) is 0 Å². The predicted molar refractivity (Wildman–Crippen MR) is 101 cm³/mol. The average Bonchev–Trinajstić information content (AvgIpc) is 2.60. The number of benzene rings is 1. The lowest BCUT2D eigenvalue weighted by molar-refractivity contribution is -0.136.